The monoisotopic (exact) mass is 228 g/mol. The molecular formula is C13H24O3. The van der Waals surface area contributed by atoms with Gasteiger partial charge >= 0.3 is 5.97 Å². The predicted octanol–water partition coefficient (Wildman–Crippen LogP) is 2.82. The van der Waals surface area contributed by atoms with Crippen LogP contribution in [0.2, 0.25) is 0 Å². The zero-order chi connectivity index (χ0) is 12.0. The van der Waals surface area contributed by atoms with Crippen LogP contribution in [0.4, 0.5) is 0 Å². The number of carboxylic acid groups (broad SMARTS) is 1. The van der Waals surface area contributed by atoms with E-state index in [1.54, 1.807) is 0 Å². The van der Waals surface area contributed by atoms with Crippen LogP contribution < -0.4 is 0 Å². The van der Waals surface area contributed by atoms with Crippen molar-refractivity contribution in [2.24, 2.45) is 11.3 Å². The molecule has 0 atom stereocenters. The van der Waals surface area contributed by atoms with Crippen molar-refractivity contribution in [2.75, 3.05) is 6.61 Å². The lowest BCUT2D eigenvalue weighted by atomic mass is 9.68. The number of hydrogen-bond donors (Lipinski definition) is 2. The van der Waals surface area contributed by atoms with Crippen molar-refractivity contribution in [3.05, 3.63) is 0 Å². The van der Waals surface area contributed by atoms with Gasteiger partial charge < -0.3 is 10.2 Å². The fourth-order valence-corrected chi connectivity index (χ4v) is 2.80. The van der Waals surface area contributed by atoms with Gasteiger partial charge in [0.05, 0.1) is 5.41 Å². The molecule has 0 heterocycles. The molecular weight excluding hydrogens is 204 g/mol. The van der Waals surface area contributed by atoms with Crippen LogP contribution in [0.1, 0.15) is 58.3 Å². The number of unbranched alkanes of at least 4 members (excludes halogenated alkanes) is 1. The molecule has 1 fully saturated rings. The molecule has 1 aliphatic rings. The number of hydrogen-bond acceptors (Lipinski definition) is 2. The van der Waals surface area contributed by atoms with Crippen LogP contribution in [0.3, 0.4) is 0 Å². The molecule has 0 radical (unpaired) electrons. The van der Waals surface area contributed by atoms with Crippen molar-refractivity contribution < 1.29 is 15.0 Å². The molecule has 0 aliphatic heterocycles. The van der Waals surface area contributed by atoms with Crippen LogP contribution in [0, 0.1) is 11.3 Å². The van der Waals surface area contributed by atoms with E-state index in [9.17, 15) is 9.90 Å². The van der Waals surface area contributed by atoms with Crippen LogP contribution in [0.5, 0.6) is 0 Å². The first-order chi connectivity index (χ1) is 7.64. The molecule has 0 amide bonds. The molecule has 0 aromatic heterocycles. The normalized spacial score (nSPS) is 30.2. The Morgan fingerprint density at radius 2 is 2.00 bits per heavy atom. The van der Waals surface area contributed by atoms with Crippen LogP contribution in [-0.4, -0.2) is 22.8 Å². The van der Waals surface area contributed by atoms with Gasteiger partial charge in [-0.2, -0.15) is 0 Å². The van der Waals surface area contributed by atoms with Crippen molar-refractivity contribution in [3.8, 4) is 0 Å². The topological polar surface area (TPSA) is 57.5 Å². The van der Waals surface area contributed by atoms with Gasteiger partial charge in [-0.15, -0.1) is 0 Å². The van der Waals surface area contributed by atoms with Gasteiger partial charge in [0.1, 0.15) is 0 Å². The van der Waals surface area contributed by atoms with E-state index >= 15 is 0 Å². The Bertz CT molecular complexity index is 217. The first-order valence-electron chi connectivity index (χ1n) is 6.49. The SMILES string of the molecule is CCCCC1CCC(CCO)(C(=O)O)CC1. The van der Waals surface area contributed by atoms with E-state index in [4.69, 9.17) is 5.11 Å². The lowest BCUT2D eigenvalue weighted by Crippen LogP contribution is -2.36. The Labute approximate surface area is 97.9 Å². The predicted molar refractivity (Wildman–Crippen MR) is 63.3 cm³/mol. The van der Waals surface area contributed by atoms with Gasteiger partial charge in [0.25, 0.3) is 0 Å². The molecule has 1 aliphatic carbocycles. The minimum Gasteiger partial charge on any atom is -0.481 e. The molecule has 3 heteroatoms. The summed E-state index contributed by atoms with van der Waals surface area (Å²) >= 11 is 0. The number of aliphatic hydroxyl groups is 1. The summed E-state index contributed by atoms with van der Waals surface area (Å²) in [6, 6.07) is 0. The van der Waals surface area contributed by atoms with Crippen LogP contribution in [-0.2, 0) is 4.79 Å². The Morgan fingerprint density at radius 3 is 2.44 bits per heavy atom. The highest BCUT2D eigenvalue weighted by molar-refractivity contribution is 5.74. The number of carboxylic acids is 1. The Morgan fingerprint density at radius 1 is 1.38 bits per heavy atom. The van der Waals surface area contributed by atoms with E-state index in [1.807, 2.05) is 0 Å². The molecule has 3 nitrogen and oxygen atoms in total. The van der Waals surface area contributed by atoms with E-state index in [1.165, 1.54) is 19.3 Å². The van der Waals surface area contributed by atoms with Crippen molar-refractivity contribution in [1.82, 2.24) is 0 Å². The average Bonchev–Trinajstić information content (AvgIpc) is 2.28. The molecule has 16 heavy (non-hydrogen) atoms. The fourth-order valence-electron chi connectivity index (χ4n) is 2.80. The molecule has 0 saturated heterocycles. The number of aliphatic carboxylic acids is 1. The zero-order valence-electron chi connectivity index (χ0n) is 10.2. The third-order valence-corrected chi connectivity index (χ3v) is 4.07. The molecule has 0 bridgehead atoms. The summed E-state index contributed by atoms with van der Waals surface area (Å²) in [6.07, 6.45) is 7.67. The minimum atomic E-state index is -0.713. The summed E-state index contributed by atoms with van der Waals surface area (Å²) in [7, 11) is 0. The highest BCUT2D eigenvalue weighted by Crippen LogP contribution is 2.43. The van der Waals surface area contributed by atoms with Crippen molar-refractivity contribution >= 4 is 5.97 Å². The van der Waals surface area contributed by atoms with Gasteiger partial charge in [-0.1, -0.05) is 26.2 Å². The summed E-state index contributed by atoms with van der Waals surface area (Å²) in [6.45, 7) is 2.18. The van der Waals surface area contributed by atoms with Crippen LogP contribution in [0.25, 0.3) is 0 Å². The summed E-state index contributed by atoms with van der Waals surface area (Å²) in [5.41, 5.74) is -0.628. The zero-order valence-corrected chi connectivity index (χ0v) is 10.2. The van der Waals surface area contributed by atoms with E-state index in [2.05, 4.69) is 6.92 Å². The first-order valence-corrected chi connectivity index (χ1v) is 6.49. The standard InChI is InChI=1S/C13H24O3/c1-2-3-4-11-5-7-13(8-6-11,9-10-14)12(15)16/h11,14H,2-10H2,1H3,(H,15,16). The van der Waals surface area contributed by atoms with Gasteiger partial charge in [0, 0.05) is 6.61 Å². The molecule has 0 aromatic rings. The van der Waals surface area contributed by atoms with E-state index in [0.717, 1.165) is 25.7 Å². The van der Waals surface area contributed by atoms with Crippen LogP contribution >= 0.6 is 0 Å². The van der Waals surface area contributed by atoms with Gasteiger partial charge in [0.2, 0.25) is 0 Å². The molecule has 1 saturated carbocycles. The summed E-state index contributed by atoms with van der Waals surface area (Å²) in [5, 5.41) is 18.2. The van der Waals surface area contributed by atoms with E-state index in [0.29, 0.717) is 12.3 Å². The second kappa shape index (κ2) is 6.24. The number of aliphatic hydroxyl groups excluding tert-OH is 1. The van der Waals surface area contributed by atoms with Gasteiger partial charge in [-0.05, 0) is 38.0 Å². The molecule has 0 unspecified atom stereocenters. The second-order valence-corrected chi connectivity index (χ2v) is 5.14. The molecule has 94 valence electrons. The van der Waals surface area contributed by atoms with Crippen LogP contribution in [0.15, 0.2) is 0 Å². The van der Waals surface area contributed by atoms with E-state index < -0.39 is 11.4 Å². The fraction of sp³-hybridized carbons (Fsp3) is 0.923. The van der Waals surface area contributed by atoms with Gasteiger partial charge in [-0.25, -0.2) is 0 Å². The maximum atomic E-state index is 11.3. The number of rotatable bonds is 6. The third-order valence-electron chi connectivity index (χ3n) is 4.07. The lowest BCUT2D eigenvalue weighted by molar-refractivity contribution is -0.153. The molecule has 1 rings (SSSR count). The van der Waals surface area contributed by atoms with Crippen molar-refractivity contribution in [2.45, 2.75) is 58.3 Å². The van der Waals surface area contributed by atoms with Gasteiger partial charge in [0.15, 0.2) is 0 Å². The Balaban J connectivity index is 2.46. The summed E-state index contributed by atoms with van der Waals surface area (Å²) in [5.74, 6) is 0.00149. The summed E-state index contributed by atoms with van der Waals surface area (Å²) < 4.78 is 0. The average molecular weight is 228 g/mol. The maximum Gasteiger partial charge on any atom is 0.309 e. The summed E-state index contributed by atoms with van der Waals surface area (Å²) in [4.78, 5) is 11.3. The largest absolute Gasteiger partial charge is 0.481 e. The minimum absolute atomic E-state index is 0.00801. The highest BCUT2D eigenvalue weighted by Gasteiger charge is 2.41. The molecule has 0 spiro atoms. The van der Waals surface area contributed by atoms with Crippen molar-refractivity contribution in [1.29, 1.82) is 0 Å². The Kier molecular flexibility index (Phi) is 5.26. The highest BCUT2D eigenvalue weighted by atomic mass is 16.4. The van der Waals surface area contributed by atoms with Gasteiger partial charge in [-0.3, -0.25) is 4.79 Å². The van der Waals surface area contributed by atoms with E-state index in [-0.39, 0.29) is 6.61 Å². The second-order valence-electron chi connectivity index (χ2n) is 5.14. The first kappa shape index (κ1) is 13.5. The quantitative estimate of drug-likeness (QED) is 0.735. The van der Waals surface area contributed by atoms with Crippen molar-refractivity contribution in [3.63, 3.8) is 0 Å². The Hall–Kier alpha value is -0.570. The molecule has 0 aromatic carbocycles. The smallest absolute Gasteiger partial charge is 0.309 e. The lowest BCUT2D eigenvalue weighted by Gasteiger charge is -2.36. The molecule has 2 N–H and O–H groups in total. The third kappa shape index (κ3) is 3.21. The number of carbonyl (C=O) groups is 1. The maximum absolute atomic E-state index is 11.3.